The molecule has 5 nitrogen and oxygen atoms in total. The second-order valence-electron chi connectivity index (χ2n) is 4.08. The summed E-state index contributed by atoms with van der Waals surface area (Å²) in [6, 6.07) is 2.71. The maximum Gasteiger partial charge on any atom is 0.239 e. The number of hydrogen-bond donors (Lipinski definition) is 2. The monoisotopic (exact) mass is 269 g/mol. The first-order chi connectivity index (χ1) is 8.99. The van der Waals surface area contributed by atoms with Gasteiger partial charge in [0.2, 0.25) is 5.91 Å². The summed E-state index contributed by atoms with van der Waals surface area (Å²) < 4.78 is 18.7. The zero-order valence-corrected chi connectivity index (χ0v) is 11.5. The van der Waals surface area contributed by atoms with E-state index >= 15 is 0 Å². The number of carbonyl (C=O) groups excluding carboxylic acids is 1. The molecule has 0 aliphatic carbocycles. The van der Waals surface area contributed by atoms with Gasteiger partial charge in [-0.1, -0.05) is 0 Å². The van der Waals surface area contributed by atoms with E-state index in [4.69, 9.17) is 10.5 Å². The van der Waals surface area contributed by atoms with Gasteiger partial charge in [-0.15, -0.1) is 0 Å². The Morgan fingerprint density at radius 1 is 1.47 bits per heavy atom. The lowest BCUT2D eigenvalue weighted by Gasteiger charge is -2.21. The van der Waals surface area contributed by atoms with Crippen LogP contribution in [0.3, 0.4) is 0 Å². The van der Waals surface area contributed by atoms with E-state index < -0.39 is 5.82 Å². The fraction of sp³-hybridized carbons (Fsp3) is 0.462. The molecule has 0 fully saturated rings. The molecule has 6 heteroatoms. The molecule has 0 aliphatic rings. The predicted molar refractivity (Wildman–Crippen MR) is 73.9 cm³/mol. The number of nitrogen functional groups attached to an aromatic ring is 1. The number of amides is 1. The summed E-state index contributed by atoms with van der Waals surface area (Å²) >= 11 is 0. The number of anilines is 2. The van der Waals surface area contributed by atoms with Crippen molar-refractivity contribution in [3.8, 4) is 5.75 Å². The molecule has 1 aromatic carbocycles. The molecule has 0 radical (unpaired) electrons. The lowest BCUT2D eigenvalue weighted by Crippen LogP contribution is -2.35. The lowest BCUT2D eigenvalue weighted by molar-refractivity contribution is -0.119. The van der Waals surface area contributed by atoms with Gasteiger partial charge in [-0.2, -0.15) is 0 Å². The molecular weight excluding hydrogens is 249 g/mol. The largest absolute Gasteiger partial charge is 0.491 e. The first kappa shape index (κ1) is 15.1. The third-order valence-corrected chi connectivity index (χ3v) is 2.55. The number of nitrogens with zero attached hydrogens (tertiary/aromatic N) is 1. The molecule has 1 aromatic rings. The van der Waals surface area contributed by atoms with Gasteiger partial charge in [0, 0.05) is 25.7 Å². The number of hydrogen-bond acceptors (Lipinski definition) is 4. The van der Waals surface area contributed by atoms with Gasteiger partial charge in [-0.05, 0) is 13.8 Å². The number of nitrogens with one attached hydrogen (secondary N) is 1. The van der Waals surface area contributed by atoms with Crippen molar-refractivity contribution in [1.82, 2.24) is 5.32 Å². The van der Waals surface area contributed by atoms with E-state index in [1.165, 1.54) is 12.1 Å². The highest BCUT2D eigenvalue weighted by Crippen LogP contribution is 2.30. The van der Waals surface area contributed by atoms with E-state index in [1.807, 2.05) is 6.92 Å². The summed E-state index contributed by atoms with van der Waals surface area (Å²) in [6.45, 7) is 4.69. The summed E-state index contributed by atoms with van der Waals surface area (Å²) in [5.74, 6) is -0.490. The molecule has 0 heterocycles. The Morgan fingerprint density at radius 3 is 2.74 bits per heavy atom. The Kier molecular flexibility index (Phi) is 5.41. The van der Waals surface area contributed by atoms with Gasteiger partial charge in [0.1, 0.15) is 0 Å². The Labute approximate surface area is 112 Å². The topological polar surface area (TPSA) is 67.6 Å². The van der Waals surface area contributed by atoms with E-state index in [2.05, 4.69) is 5.32 Å². The normalized spacial score (nSPS) is 10.1. The quantitative estimate of drug-likeness (QED) is 0.766. The van der Waals surface area contributed by atoms with Gasteiger partial charge < -0.3 is 20.7 Å². The Balaban J connectivity index is 2.92. The summed E-state index contributed by atoms with van der Waals surface area (Å²) in [6.07, 6.45) is 0. The van der Waals surface area contributed by atoms with Gasteiger partial charge in [0.25, 0.3) is 0 Å². The van der Waals surface area contributed by atoms with E-state index in [1.54, 1.807) is 18.9 Å². The molecular formula is C13H20FN3O2. The smallest absolute Gasteiger partial charge is 0.239 e. The zero-order chi connectivity index (χ0) is 14.4. The summed E-state index contributed by atoms with van der Waals surface area (Å²) in [7, 11) is 1.72. The highest BCUT2D eigenvalue weighted by atomic mass is 19.1. The van der Waals surface area contributed by atoms with Crippen LogP contribution in [0.4, 0.5) is 15.8 Å². The van der Waals surface area contributed by atoms with Crippen molar-refractivity contribution in [2.24, 2.45) is 0 Å². The van der Waals surface area contributed by atoms with Crippen LogP contribution in [0.15, 0.2) is 12.1 Å². The van der Waals surface area contributed by atoms with Gasteiger partial charge in [-0.25, -0.2) is 4.39 Å². The van der Waals surface area contributed by atoms with Crippen molar-refractivity contribution in [3.05, 3.63) is 17.9 Å². The number of carbonyl (C=O) groups is 1. The number of nitrogens with two attached hydrogens (primary N) is 1. The fourth-order valence-electron chi connectivity index (χ4n) is 1.71. The second-order valence-corrected chi connectivity index (χ2v) is 4.08. The van der Waals surface area contributed by atoms with Crippen molar-refractivity contribution in [1.29, 1.82) is 0 Å². The van der Waals surface area contributed by atoms with E-state index in [0.717, 1.165) is 0 Å². The average molecular weight is 269 g/mol. The minimum atomic E-state index is -0.505. The predicted octanol–water partition coefficient (Wildman–Crippen LogP) is 1.38. The molecule has 0 atom stereocenters. The first-order valence-electron chi connectivity index (χ1n) is 6.19. The van der Waals surface area contributed by atoms with Gasteiger partial charge in [0.15, 0.2) is 11.6 Å². The number of likely N-dealkylation sites (N-methyl/N-ethyl adjacent to an activating group) is 2. The van der Waals surface area contributed by atoms with Gasteiger partial charge in [-0.3, -0.25) is 4.79 Å². The fourth-order valence-corrected chi connectivity index (χ4v) is 1.71. The van der Waals surface area contributed by atoms with Crippen LogP contribution in [0, 0.1) is 5.82 Å². The molecule has 3 N–H and O–H groups in total. The van der Waals surface area contributed by atoms with Crippen molar-refractivity contribution < 1.29 is 13.9 Å². The molecule has 0 saturated carbocycles. The maximum absolute atomic E-state index is 13.6. The Bertz CT molecular complexity index is 452. The number of ether oxygens (including phenoxy) is 1. The Morgan fingerprint density at radius 2 is 2.16 bits per heavy atom. The van der Waals surface area contributed by atoms with Crippen molar-refractivity contribution in [2.45, 2.75) is 13.8 Å². The third-order valence-electron chi connectivity index (χ3n) is 2.55. The minimum Gasteiger partial charge on any atom is -0.491 e. The van der Waals surface area contributed by atoms with Crippen molar-refractivity contribution in [3.63, 3.8) is 0 Å². The molecule has 0 aliphatic heterocycles. The standard InChI is InChI=1S/C13H20FN3O2/c1-4-16-13(18)8-17(3)11-7-12(19-5-2)9(14)6-10(11)15/h6-7H,4-5,8,15H2,1-3H3,(H,16,18). The molecule has 0 spiro atoms. The summed E-state index contributed by atoms with van der Waals surface area (Å²) in [4.78, 5) is 13.2. The highest BCUT2D eigenvalue weighted by molar-refractivity contribution is 5.83. The maximum atomic E-state index is 13.6. The molecule has 1 rings (SSSR count). The molecule has 0 saturated heterocycles. The minimum absolute atomic E-state index is 0.119. The molecule has 0 bridgehead atoms. The van der Waals surface area contributed by atoms with E-state index in [-0.39, 0.29) is 23.9 Å². The van der Waals surface area contributed by atoms with E-state index in [9.17, 15) is 9.18 Å². The second kappa shape index (κ2) is 6.82. The van der Waals surface area contributed by atoms with Crippen LogP contribution in [-0.2, 0) is 4.79 Å². The average Bonchev–Trinajstić information content (AvgIpc) is 2.32. The van der Waals surface area contributed by atoms with Crippen LogP contribution in [0.25, 0.3) is 0 Å². The molecule has 0 aromatic heterocycles. The third kappa shape index (κ3) is 4.01. The van der Waals surface area contributed by atoms with E-state index in [0.29, 0.717) is 18.8 Å². The highest BCUT2D eigenvalue weighted by Gasteiger charge is 2.14. The van der Waals surface area contributed by atoms with Crippen LogP contribution in [-0.4, -0.2) is 32.7 Å². The van der Waals surface area contributed by atoms with Gasteiger partial charge >= 0.3 is 0 Å². The molecule has 0 unspecified atom stereocenters. The van der Waals surface area contributed by atoms with Crippen LogP contribution < -0.4 is 20.7 Å². The number of benzene rings is 1. The van der Waals surface area contributed by atoms with Crippen LogP contribution in [0.2, 0.25) is 0 Å². The van der Waals surface area contributed by atoms with Crippen molar-refractivity contribution in [2.75, 3.05) is 37.4 Å². The van der Waals surface area contributed by atoms with Crippen LogP contribution in [0.5, 0.6) is 5.75 Å². The number of halogens is 1. The Hall–Kier alpha value is -1.98. The zero-order valence-electron chi connectivity index (χ0n) is 11.5. The lowest BCUT2D eigenvalue weighted by atomic mass is 10.2. The SMILES string of the molecule is CCNC(=O)CN(C)c1cc(OCC)c(F)cc1N. The summed E-state index contributed by atoms with van der Waals surface area (Å²) in [5.41, 5.74) is 6.60. The van der Waals surface area contributed by atoms with Crippen LogP contribution >= 0.6 is 0 Å². The van der Waals surface area contributed by atoms with Crippen LogP contribution in [0.1, 0.15) is 13.8 Å². The van der Waals surface area contributed by atoms with Gasteiger partial charge in [0.05, 0.1) is 24.5 Å². The summed E-state index contributed by atoms with van der Waals surface area (Å²) in [5, 5.41) is 2.69. The first-order valence-corrected chi connectivity index (χ1v) is 6.19. The number of rotatable bonds is 6. The molecule has 1 amide bonds. The van der Waals surface area contributed by atoms with Crippen molar-refractivity contribution >= 4 is 17.3 Å². The molecule has 106 valence electrons. The molecule has 19 heavy (non-hydrogen) atoms.